The largest absolute Gasteiger partial charge is 0.492 e. The monoisotopic (exact) mass is 235 g/mol. The zero-order chi connectivity index (χ0) is 12.4. The summed E-state index contributed by atoms with van der Waals surface area (Å²) >= 11 is 0. The summed E-state index contributed by atoms with van der Waals surface area (Å²) in [7, 11) is 4.99. The van der Waals surface area contributed by atoms with Crippen LogP contribution in [-0.2, 0) is 0 Å². The van der Waals surface area contributed by atoms with E-state index >= 15 is 0 Å². The van der Waals surface area contributed by atoms with Crippen molar-refractivity contribution in [2.45, 2.75) is 18.9 Å². The number of hydrogen-bond acceptors (Lipinski definition) is 3. The van der Waals surface area contributed by atoms with Crippen LogP contribution in [0.4, 0.5) is 0 Å². The molecule has 0 heterocycles. The second kappa shape index (κ2) is 4.65. The number of methoxy groups -OCH3 is 1. The van der Waals surface area contributed by atoms with E-state index in [1.54, 1.807) is 27.3 Å². The average Bonchev–Trinajstić information content (AvgIpc) is 3.11. The van der Waals surface area contributed by atoms with Gasteiger partial charge < -0.3 is 14.4 Å². The highest BCUT2D eigenvalue weighted by Gasteiger charge is 2.26. The Morgan fingerprint density at radius 3 is 2.59 bits per heavy atom. The van der Waals surface area contributed by atoms with Crippen molar-refractivity contribution in [3.05, 3.63) is 23.8 Å². The van der Waals surface area contributed by atoms with Crippen LogP contribution in [0.25, 0.3) is 0 Å². The molecule has 4 nitrogen and oxygen atoms in total. The topological polar surface area (TPSA) is 38.8 Å². The number of benzene rings is 1. The molecule has 2 rings (SSSR count). The highest BCUT2D eigenvalue weighted by atomic mass is 16.5. The lowest BCUT2D eigenvalue weighted by molar-refractivity contribution is 0.0823. The Hall–Kier alpha value is -1.71. The van der Waals surface area contributed by atoms with Crippen LogP contribution in [0.1, 0.15) is 23.2 Å². The van der Waals surface area contributed by atoms with Gasteiger partial charge in [0, 0.05) is 14.1 Å². The maximum atomic E-state index is 12.0. The molecule has 0 aliphatic heterocycles. The first-order chi connectivity index (χ1) is 8.13. The molecule has 1 aromatic rings. The van der Waals surface area contributed by atoms with Gasteiger partial charge in [0.2, 0.25) is 0 Å². The predicted molar refractivity (Wildman–Crippen MR) is 64.7 cm³/mol. The van der Waals surface area contributed by atoms with Crippen LogP contribution in [0.3, 0.4) is 0 Å². The highest BCUT2D eigenvalue weighted by molar-refractivity contribution is 5.97. The number of carbonyl (C=O) groups excluding carboxylic acids is 1. The Balaban J connectivity index is 2.33. The maximum Gasteiger partial charge on any atom is 0.257 e. The van der Waals surface area contributed by atoms with Gasteiger partial charge in [-0.25, -0.2) is 0 Å². The number of nitrogens with zero attached hydrogens (tertiary/aromatic N) is 1. The molecule has 4 heteroatoms. The van der Waals surface area contributed by atoms with E-state index in [0.29, 0.717) is 17.1 Å². The van der Waals surface area contributed by atoms with Gasteiger partial charge in [-0.2, -0.15) is 0 Å². The van der Waals surface area contributed by atoms with Crippen LogP contribution in [0.5, 0.6) is 11.5 Å². The number of rotatable bonds is 4. The second-order valence-corrected chi connectivity index (χ2v) is 4.35. The fourth-order valence-electron chi connectivity index (χ4n) is 1.59. The molecule has 0 radical (unpaired) electrons. The summed E-state index contributed by atoms with van der Waals surface area (Å²) in [6.07, 6.45) is 2.44. The SMILES string of the molecule is COc1c(OC2CC2)cccc1C(=O)N(C)C. The first-order valence-corrected chi connectivity index (χ1v) is 5.68. The molecular formula is C13H17NO3. The van der Waals surface area contributed by atoms with Crippen molar-refractivity contribution >= 4 is 5.91 Å². The van der Waals surface area contributed by atoms with E-state index in [1.165, 1.54) is 4.90 Å². The first-order valence-electron chi connectivity index (χ1n) is 5.68. The summed E-state index contributed by atoms with van der Waals surface area (Å²) in [5.74, 6) is 1.10. The number of hydrogen-bond donors (Lipinski definition) is 0. The van der Waals surface area contributed by atoms with E-state index in [1.807, 2.05) is 12.1 Å². The number of para-hydroxylation sites is 1. The quantitative estimate of drug-likeness (QED) is 0.800. The molecule has 1 aromatic carbocycles. The molecule has 0 spiro atoms. The Bertz CT molecular complexity index is 425. The van der Waals surface area contributed by atoms with Gasteiger partial charge in [-0.3, -0.25) is 4.79 Å². The van der Waals surface area contributed by atoms with Crippen molar-refractivity contribution in [2.75, 3.05) is 21.2 Å². The summed E-state index contributed by atoms with van der Waals surface area (Å²) in [5, 5.41) is 0. The van der Waals surface area contributed by atoms with Gasteiger partial charge >= 0.3 is 0 Å². The van der Waals surface area contributed by atoms with Gasteiger partial charge in [-0.05, 0) is 25.0 Å². The Labute approximate surface area is 101 Å². The van der Waals surface area contributed by atoms with Crippen LogP contribution >= 0.6 is 0 Å². The van der Waals surface area contributed by atoms with Crippen molar-refractivity contribution < 1.29 is 14.3 Å². The maximum absolute atomic E-state index is 12.0. The lowest BCUT2D eigenvalue weighted by atomic mass is 10.1. The van der Waals surface area contributed by atoms with Gasteiger partial charge in [-0.1, -0.05) is 6.07 Å². The lowest BCUT2D eigenvalue weighted by Gasteiger charge is -2.16. The lowest BCUT2D eigenvalue weighted by Crippen LogP contribution is -2.22. The number of amides is 1. The predicted octanol–water partition coefficient (Wildman–Crippen LogP) is 1.94. The summed E-state index contributed by atoms with van der Waals surface area (Å²) in [5.41, 5.74) is 0.538. The first kappa shape index (κ1) is 11.8. The summed E-state index contributed by atoms with van der Waals surface area (Å²) < 4.78 is 11.0. The van der Waals surface area contributed by atoms with Crippen molar-refractivity contribution in [1.82, 2.24) is 4.90 Å². The van der Waals surface area contributed by atoms with Crippen molar-refractivity contribution in [2.24, 2.45) is 0 Å². The molecule has 0 unspecified atom stereocenters. The molecule has 0 bridgehead atoms. The molecule has 0 N–H and O–H groups in total. The van der Waals surface area contributed by atoms with Gasteiger partial charge in [0.15, 0.2) is 11.5 Å². The van der Waals surface area contributed by atoms with Crippen molar-refractivity contribution in [1.29, 1.82) is 0 Å². The third kappa shape index (κ3) is 2.52. The van der Waals surface area contributed by atoms with Crippen LogP contribution in [-0.4, -0.2) is 38.1 Å². The molecule has 1 aliphatic carbocycles. The molecular weight excluding hydrogens is 218 g/mol. The normalized spacial score (nSPS) is 14.3. The van der Waals surface area contributed by atoms with Crippen molar-refractivity contribution in [3.63, 3.8) is 0 Å². The minimum Gasteiger partial charge on any atom is -0.492 e. The van der Waals surface area contributed by atoms with Gasteiger partial charge in [-0.15, -0.1) is 0 Å². The molecule has 92 valence electrons. The fraction of sp³-hybridized carbons (Fsp3) is 0.462. The van der Waals surface area contributed by atoms with E-state index in [9.17, 15) is 4.79 Å². The Morgan fingerprint density at radius 2 is 2.06 bits per heavy atom. The number of carbonyl (C=O) groups is 1. The van der Waals surface area contributed by atoms with Gasteiger partial charge in [0.1, 0.15) is 0 Å². The van der Waals surface area contributed by atoms with E-state index < -0.39 is 0 Å². The standard InChI is InChI=1S/C13H17NO3/c1-14(2)13(15)10-5-4-6-11(12(10)16-3)17-9-7-8-9/h4-6,9H,7-8H2,1-3H3. The van der Waals surface area contributed by atoms with Gasteiger partial charge in [0.25, 0.3) is 5.91 Å². The van der Waals surface area contributed by atoms with Crippen LogP contribution < -0.4 is 9.47 Å². The molecule has 1 amide bonds. The van der Waals surface area contributed by atoms with Crippen LogP contribution in [0, 0.1) is 0 Å². The molecule has 1 fully saturated rings. The van der Waals surface area contributed by atoms with E-state index in [0.717, 1.165) is 12.8 Å². The molecule has 1 aliphatic rings. The molecule has 0 aromatic heterocycles. The second-order valence-electron chi connectivity index (χ2n) is 4.35. The smallest absolute Gasteiger partial charge is 0.257 e. The van der Waals surface area contributed by atoms with Crippen LogP contribution in [0.2, 0.25) is 0 Å². The Kier molecular flexibility index (Phi) is 3.22. The van der Waals surface area contributed by atoms with E-state index in [4.69, 9.17) is 9.47 Å². The zero-order valence-electron chi connectivity index (χ0n) is 10.4. The molecule has 1 saturated carbocycles. The van der Waals surface area contributed by atoms with Crippen molar-refractivity contribution in [3.8, 4) is 11.5 Å². The average molecular weight is 235 g/mol. The third-order valence-electron chi connectivity index (χ3n) is 2.64. The Morgan fingerprint density at radius 1 is 1.35 bits per heavy atom. The van der Waals surface area contributed by atoms with E-state index in [-0.39, 0.29) is 12.0 Å². The molecule has 0 saturated heterocycles. The number of ether oxygens (including phenoxy) is 2. The molecule has 0 atom stereocenters. The highest BCUT2D eigenvalue weighted by Crippen LogP contribution is 2.36. The minimum absolute atomic E-state index is 0.0805. The van der Waals surface area contributed by atoms with E-state index in [2.05, 4.69) is 0 Å². The minimum atomic E-state index is -0.0805. The zero-order valence-corrected chi connectivity index (χ0v) is 10.4. The summed E-state index contributed by atoms with van der Waals surface area (Å²) in [6.45, 7) is 0. The van der Waals surface area contributed by atoms with Gasteiger partial charge in [0.05, 0.1) is 18.8 Å². The summed E-state index contributed by atoms with van der Waals surface area (Å²) in [6, 6.07) is 5.40. The summed E-state index contributed by atoms with van der Waals surface area (Å²) in [4.78, 5) is 13.5. The third-order valence-corrected chi connectivity index (χ3v) is 2.64. The van der Waals surface area contributed by atoms with Crippen LogP contribution in [0.15, 0.2) is 18.2 Å². The molecule has 17 heavy (non-hydrogen) atoms. The fourth-order valence-corrected chi connectivity index (χ4v) is 1.59.